The van der Waals surface area contributed by atoms with Crippen molar-refractivity contribution < 1.29 is 4.18 Å². The van der Waals surface area contributed by atoms with Crippen LogP contribution in [0, 0.1) is 0 Å². The van der Waals surface area contributed by atoms with Crippen molar-refractivity contribution in [2.75, 3.05) is 0 Å². The molecule has 0 saturated carbocycles. The molecule has 0 amide bonds. The Hall–Kier alpha value is -0.460. The highest BCUT2D eigenvalue weighted by Gasteiger charge is 2.03. The zero-order chi connectivity index (χ0) is 8.39. The van der Waals surface area contributed by atoms with Crippen molar-refractivity contribution in [1.29, 1.82) is 0 Å². The topological polar surface area (TPSA) is 35.0 Å². The third kappa shape index (κ3) is 1.50. The van der Waals surface area contributed by atoms with Crippen LogP contribution in [0.4, 0.5) is 0 Å². The van der Waals surface area contributed by atoms with E-state index in [-0.39, 0.29) is 0 Å². The number of pyridine rings is 1. The van der Waals surface area contributed by atoms with E-state index in [4.69, 9.17) is 4.18 Å². The maximum atomic E-state index is 5.05. The Kier molecular flexibility index (Phi) is 2.38. The summed E-state index contributed by atoms with van der Waals surface area (Å²) in [4.78, 5) is 8.16. The maximum Gasteiger partial charge on any atom is 0.288 e. The molecule has 0 atom stereocenters. The van der Waals surface area contributed by atoms with Crippen molar-refractivity contribution in [3.8, 4) is 5.19 Å². The molecule has 0 radical (unpaired) electrons. The van der Waals surface area contributed by atoms with E-state index in [0.29, 0.717) is 5.19 Å². The first-order valence-electron chi connectivity index (χ1n) is 3.09. The number of thiol groups is 1. The van der Waals surface area contributed by atoms with Crippen molar-refractivity contribution in [1.82, 2.24) is 9.97 Å². The Labute approximate surface area is 82.2 Å². The van der Waals surface area contributed by atoms with Crippen molar-refractivity contribution in [2.24, 2.45) is 0 Å². The summed E-state index contributed by atoms with van der Waals surface area (Å²) in [6.07, 6.45) is 3.47. The van der Waals surface area contributed by atoms with E-state index in [1.54, 1.807) is 12.4 Å². The molecule has 0 aliphatic rings. The normalized spacial score (nSPS) is 10.4. The molecule has 2 aromatic heterocycles. The van der Waals surface area contributed by atoms with E-state index >= 15 is 0 Å². The Bertz CT molecular complexity index is 356. The van der Waals surface area contributed by atoms with E-state index in [2.05, 4.69) is 21.6 Å². The lowest BCUT2D eigenvalue weighted by molar-refractivity contribution is 0.651. The Morgan fingerprint density at radius 1 is 1.58 bits per heavy atom. The summed E-state index contributed by atoms with van der Waals surface area (Å²) in [6, 6.07) is 1.85. The van der Waals surface area contributed by atoms with Gasteiger partial charge in [0.15, 0.2) is 0 Å². The van der Waals surface area contributed by atoms with E-state index in [0.717, 1.165) is 21.3 Å². The second-order valence-corrected chi connectivity index (χ2v) is 3.74. The summed E-state index contributed by atoms with van der Waals surface area (Å²) in [5, 5.41) is 0.609. The standard InChI is InChI=1S/C6H4N2OS3/c10-12-9-6-8-4-1-2-7-3-5(4)11-6/h1-3,10H. The van der Waals surface area contributed by atoms with Gasteiger partial charge in [-0.25, -0.2) is 4.98 Å². The number of hydrogen-bond donors (Lipinski definition) is 1. The van der Waals surface area contributed by atoms with Gasteiger partial charge in [0.2, 0.25) is 0 Å². The summed E-state index contributed by atoms with van der Waals surface area (Å²) in [5.74, 6) is 0. The molecule has 0 saturated heterocycles. The van der Waals surface area contributed by atoms with Crippen LogP contribution in [0.15, 0.2) is 18.5 Å². The Balaban J connectivity index is 2.47. The largest absolute Gasteiger partial charge is 0.385 e. The average molecular weight is 216 g/mol. The van der Waals surface area contributed by atoms with Gasteiger partial charge in [-0.05, 0) is 6.07 Å². The van der Waals surface area contributed by atoms with Crippen molar-refractivity contribution in [3.63, 3.8) is 0 Å². The second-order valence-electron chi connectivity index (χ2n) is 1.98. The smallest absolute Gasteiger partial charge is 0.288 e. The van der Waals surface area contributed by atoms with Gasteiger partial charge in [-0.3, -0.25) is 4.98 Å². The minimum Gasteiger partial charge on any atom is -0.385 e. The van der Waals surface area contributed by atoms with Crippen molar-refractivity contribution in [3.05, 3.63) is 18.5 Å². The van der Waals surface area contributed by atoms with E-state index in [9.17, 15) is 0 Å². The molecule has 0 unspecified atom stereocenters. The molecular formula is C6H4N2OS3. The quantitative estimate of drug-likeness (QED) is 0.475. The highest BCUT2D eigenvalue weighted by atomic mass is 33.1. The predicted octanol–water partition coefficient (Wildman–Crippen LogP) is 2.56. The van der Waals surface area contributed by atoms with Crippen LogP contribution < -0.4 is 4.18 Å². The molecule has 2 rings (SSSR count). The van der Waals surface area contributed by atoms with Gasteiger partial charge in [0.25, 0.3) is 5.19 Å². The van der Waals surface area contributed by atoms with Crippen LogP contribution >= 0.6 is 34.1 Å². The predicted molar refractivity (Wildman–Crippen MR) is 54.6 cm³/mol. The lowest BCUT2D eigenvalue weighted by atomic mass is 10.4. The van der Waals surface area contributed by atoms with Crippen molar-refractivity contribution >= 4 is 44.3 Å². The van der Waals surface area contributed by atoms with Crippen LogP contribution in [-0.4, -0.2) is 9.97 Å². The average Bonchev–Trinajstić information content (AvgIpc) is 2.47. The van der Waals surface area contributed by atoms with Gasteiger partial charge in [-0.1, -0.05) is 23.0 Å². The summed E-state index contributed by atoms with van der Waals surface area (Å²) in [5.41, 5.74) is 0.910. The second kappa shape index (κ2) is 3.51. The molecule has 0 aliphatic heterocycles. The number of hydrogen-bond acceptors (Lipinski definition) is 6. The van der Waals surface area contributed by atoms with Gasteiger partial charge in [0.1, 0.15) is 11.1 Å². The van der Waals surface area contributed by atoms with E-state index < -0.39 is 0 Å². The number of fused-ring (bicyclic) bond motifs is 1. The van der Waals surface area contributed by atoms with Crippen LogP contribution in [0.5, 0.6) is 5.19 Å². The molecule has 3 nitrogen and oxygen atoms in total. The molecule has 0 bridgehead atoms. The SMILES string of the molecule is SSOc1nc2ccncc2s1. The fraction of sp³-hybridized carbons (Fsp3) is 0. The zero-order valence-electron chi connectivity index (χ0n) is 5.80. The molecule has 0 spiro atoms. The van der Waals surface area contributed by atoms with E-state index in [1.165, 1.54) is 11.3 Å². The molecule has 2 heterocycles. The summed E-state index contributed by atoms with van der Waals surface area (Å²) in [6.45, 7) is 0. The molecule has 12 heavy (non-hydrogen) atoms. The first kappa shape index (κ1) is 8.15. The van der Waals surface area contributed by atoms with Crippen LogP contribution in [0.1, 0.15) is 0 Å². The maximum absolute atomic E-state index is 5.05. The highest BCUT2D eigenvalue weighted by molar-refractivity contribution is 8.66. The summed E-state index contributed by atoms with van der Waals surface area (Å²) < 4.78 is 6.07. The number of aromatic nitrogens is 2. The lowest BCUT2D eigenvalue weighted by Gasteiger charge is -1.88. The molecule has 2 aromatic rings. The number of rotatable bonds is 2. The van der Waals surface area contributed by atoms with Gasteiger partial charge in [-0.15, -0.1) is 0 Å². The zero-order valence-corrected chi connectivity index (χ0v) is 8.33. The fourth-order valence-electron chi connectivity index (χ4n) is 0.826. The van der Waals surface area contributed by atoms with Gasteiger partial charge in [0.05, 0.1) is 10.2 Å². The summed E-state index contributed by atoms with van der Waals surface area (Å²) >= 11 is 6.31. The third-order valence-corrected chi connectivity index (χ3v) is 2.73. The van der Waals surface area contributed by atoms with E-state index in [1.807, 2.05) is 6.07 Å². The van der Waals surface area contributed by atoms with Crippen LogP contribution in [0.2, 0.25) is 0 Å². The molecule has 62 valence electrons. The Morgan fingerprint density at radius 3 is 3.25 bits per heavy atom. The van der Waals surface area contributed by atoms with Crippen LogP contribution in [0.3, 0.4) is 0 Å². The van der Waals surface area contributed by atoms with Crippen LogP contribution in [0.25, 0.3) is 10.2 Å². The minimum atomic E-state index is 0.609. The fourth-order valence-corrected chi connectivity index (χ4v) is 2.19. The molecule has 0 N–H and O–H groups in total. The summed E-state index contributed by atoms with van der Waals surface area (Å²) in [7, 11) is 0. The Morgan fingerprint density at radius 2 is 2.50 bits per heavy atom. The van der Waals surface area contributed by atoms with Gasteiger partial charge >= 0.3 is 0 Å². The molecule has 0 fully saturated rings. The highest BCUT2D eigenvalue weighted by Crippen LogP contribution is 2.29. The molecule has 0 aromatic carbocycles. The monoisotopic (exact) mass is 216 g/mol. The molecular weight excluding hydrogens is 212 g/mol. The molecule has 6 heteroatoms. The van der Waals surface area contributed by atoms with Crippen LogP contribution in [-0.2, 0) is 0 Å². The van der Waals surface area contributed by atoms with Gasteiger partial charge < -0.3 is 4.18 Å². The number of thiazole rings is 1. The number of nitrogens with zero attached hydrogens (tertiary/aromatic N) is 2. The third-order valence-electron chi connectivity index (χ3n) is 1.28. The van der Waals surface area contributed by atoms with Crippen molar-refractivity contribution in [2.45, 2.75) is 0 Å². The minimum absolute atomic E-state index is 0.609. The molecule has 0 aliphatic carbocycles. The lowest BCUT2D eigenvalue weighted by Crippen LogP contribution is -1.73. The first-order valence-corrected chi connectivity index (χ1v) is 5.70. The van der Waals surface area contributed by atoms with Gasteiger partial charge in [-0.2, -0.15) is 0 Å². The first-order chi connectivity index (χ1) is 5.90. The van der Waals surface area contributed by atoms with Gasteiger partial charge in [0, 0.05) is 12.4 Å².